The lowest BCUT2D eigenvalue weighted by Gasteiger charge is -2.09. The number of aryl methyl sites for hydroxylation is 1. The van der Waals surface area contributed by atoms with Gasteiger partial charge in [-0.05, 0) is 36.8 Å². The number of rotatable bonds is 7. The van der Waals surface area contributed by atoms with Crippen LogP contribution in [-0.2, 0) is 13.0 Å². The van der Waals surface area contributed by atoms with E-state index in [2.05, 4.69) is 40.8 Å². The Kier molecular flexibility index (Phi) is 4.33. The summed E-state index contributed by atoms with van der Waals surface area (Å²) < 4.78 is 5.73. The zero-order valence-electron chi connectivity index (χ0n) is 11.8. The molecule has 3 rings (SSSR count). The number of hydrogen-bond acceptors (Lipinski definition) is 4. The second-order valence-corrected chi connectivity index (χ2v) is 6.26. The molecule has 0 saturated heterocycles. The maximum absolute atomic E-state index is 5.73. The van der Waals surface area contributed by atoms with Gasteiger partial charge in [0.25, 0.3) is 0 Å². The Balaban J connectivity index is 1.50. The fraction of sp³-hybridized carbons (Fsp3) is 0.438. The van der Waals surface area contributed by atoms with E-state index in [4.69, 9.17) is 4.74 Å². The summed E-state index contributed by atoms with van der Waals surface area (Å²) >= 11 is 1.77. The van der Waals surface area contributed by atoms with Gasteiger partial charge in [0, 0.05) is 35.6 Å². The fourth-order valence-electron chi connectivity index (χ4n) is 2.09. The van der Waals surface area contributed by atoms with Gasteiger partial charge in [-0.1, -0.05) is 12.1 Å². The summed E-state index contributed by atoms with van der Waals surface area (Å²) in [5, 5.41) is 5.61. The van der Waals surface area contributed by atoms with Crippen molar-refractivity contribution in [1.29, 1.82) is 0 Å². The molecule has 1 fully saturated rings. The Hall–Kier alpha value is -1.39. The van der Waals surface area contributed by atoms with Crippen molar-refractivity contribution in [2.75, 3.05) is 6.61 Å². The van der Waals surface area contributed by atoms with Crippen LogP contribution in [0.3, 0.4) is 0 Å². The predicted molar refractivity (Wildman–Crippen MR) is 82.4 cm³/mol. The molecule has 20 heavy (non-hydrogen) atoms. The van der Waals surface area contributed by atoms with E-state index in [0.717, 1.165) is 30.6 Å². The highest BCUT2D eigenvalue weighted by Gasteiger charge is 2.20. The maximum Gasteiger partial charge on any atom is 0.213 e. The molecule has 4 heteroatoms. The Morgan fingerprint density at radius 3 is 2.95 bits per heavy atom. The highest BCUT2D eigenvalue weighted by Crippen LogP contribution is 2.20. The zero-order chi connectivity index (χ0) is 13.8. The summed E-state index contributed by atoms with van der Waals surface area (Å²) in [6, 6.07) is 9.04. The fourth-order valence-corrected chi connectivity index (χ4v) is 2.78. The highest BCUT2D eigenvalue weighted by atomic mass is 32.1. The van der Waals surface area contributed by atoms with E-state index in [1.807, 2.05) is 6.07 Å². The van der Waals surface area contributed by atoms with Gasteiger partial charge >= 0.3 is 0 Å². The van der Waals surface area contributed by atoms with E-state index in [0.29, 0.717) is 6.61 Å². The molecule has 3 nitrogen and oxygen atoms in total. The second kappa shape index (κ2) is 6.37. The lowest BCUT2D eigenvalue weighted by atomic mass is 10.2. The van der Waals surface area contributed by atoms with Crippen LogP contribution in [0.5, 0.6) is 5.88 Å². The molecule has 0 spiro atoms. The van der Waals surface area contributed by atoms with Crippen LogP contribution in [0.4, 0.5) is 0 Å². The molecule has 1 aliphatic rings. The van der Waals surface area contributed by atoms with Crippen LogP contribution in [0.15, 0.2) is 29.6 Å². The molecular formula is C16H20N2OS. The molecule has 0 amide bonds. The molecule has 0 aromatic carbocycles. The van der Waals surface area contributed by atoms with E-state index in [1.54, 1.807) is 11.3 Å². The summed E-state index contributed by atoms with van der Waals surface area (Å²) in [7, 11) is 0. The standard InChI is InChI=1S/C16H20N2OS/c1-12-13(11-17-14-5-6-14)4-7-16(18-12)19-9-8-15-3-2-10-20-15/h2-4,7,10,14,17H,5-6,8-9,11H2,1H3. The SMILES string of the molecule is Cc1nc(OCCc2cccs2)ccc1CNC1CC1. The van der Waals surface area contributed by atoms with E-state index in [9.17, 15) is 0 Å². The summed E-state index contributed by atoms with van der Waals surface area (Å²) in [5.74, 6) is 0.731. The number of thiophene rings is 1. The number of hydrogen-bond donors (Lipinski definition) is 1. The third kappa shape index (κ3) is 3.81. The largest absolute Gasteiger partial charge is 0.477 e. The van der Waals surface area contributed by atoms with Crippen LogP contribution >= 0.6 is 11.3 Å². The van der Waals surface area contributed by atoms with Gasteiger partial charge in [0.15, 0.2) is 0 Å². The molecule has 2 aromatic rings. The Bertz CT molecular complexity index is 550. The number of ether oxygens (including phenoxy) is 1. The Labute approximate surface area is 124 Å². The van der Waals surface area contributed by atoms with Crippen LogP contribution in [0.2, 0.25) is 0 Å². The van der Waals surface area contributed by atoms with E-state index >= 15 is 0 Å². The molecule has 1 saturated carbocycles. The van der Waals surface area contributed by atoms with Gasteiger partial charge in [-0.3, -0.25) is 0 Å². The highest BCUT2D eigenvalue weighted by molar-refractivity contribution is 7.09. The van der Waals surface area contributed by atoms with Crippen LogP contribution < -0.4 is 10.1 Å². The number of nitrogens with zero attached hydrogens (tertiary/aromatic N) is 1. The minimum absolute atomic E-state index is 0.687. The lowest BCUT2D eigenvalue weighted by Crippen LogP contribution is -2.16. The van der Waals surface area contributed by atoms with Gasteiger partial charge in [-0.25, -0.2) is 4.98 Å². The lowest BCUT2D eigenvalue weighted by molar-refractivity contribution is 0.309. The topological polar surface area (TPSA) is 34.1 Å². The smallest absolute Gasteiger partial charge is 0.213 e. The molecule has 0 unspecified atom stereocenters. The van der Waals surface area contributed by atoms with Crippen molar-refractivity contribution in [2.45, 2.75) is 38.8 Å². The van der Waals surface area contributed by atoms with Crippen LogP contribution in [0, 0.1) is 6.92 Å². The van der Waals surface area contributed by atoms with Gasteiger partial charge < -0.3 is 10.1 Å². The van der Waals surface area contributed by atoms with E-state index in [-0.39, 0.29) is 0 Å². The average molecular weight is 288 g/mol. The molecular weight excluding hydrogens is 268 g/mol. The van der Waals surface area contributed by atoms with Crippen LogP contribution in [-0.4, -0.2) is 17.6 Å². The molecule has 106 valence electrons. The number of aromatic nitrogens is 1. The summed E-state index contributed by atoms with van der Waals surface area (Å²) in [5.41, 5.74) is 2.33. The summed E-state index contributed by atoms with van der Waals surface area (Å²) in [6.07, 6.45) is 3.58. The van der Waals surface area contributed by atoms with Gasteiger partial charge in [0.2, 0.25) is 5.88 Å². The monoisotopic (exact) mass is 288 g/mol. The first-order valence-corrected chi connectivity index (χ1v) is 8.04. The molecule has 2 heterocycles. The third-order valence-corrected chi connectivity index (χ3v) is 4.44. The molecule has 1 aliphatic carbocycles. The van der Waals surface area contributed by atoms with E-state index in [1.165, 1.54) is 23.3 Å². The summed E-state index contributed by atoms with van der Waals surface area (Å²) in [4.78, 5) is 5.89. The predicted octanol–water partition coefficient (Wildman–Crippen LogP) is 3.33. The zero-order valence-corrected chi connectivity index (χ0v) is 12.6. The van der Waals surface area contributed by atoms with Crippen molar-refractivity contribution >= 4 is 11.3 Å². The van der Waals surface area contributed by atoms with Crippen molar-refractivity contribution in [3.63, 3.8) is 0 Å². The van der Waals surface area contributed by atoms with Gasteiger partial charge in [0.1, 0.15) is 0 Å². The average Bonchev–Trinajstić information content (AvgIpc) is 3.13. The minimum Gasteiger partial charge on any atom is -0.477 e. The number of pyridine rings is 1. The van der Waals surface area contributed by atoms with Gasteiger partial charge in [-0.15, -0.1) is 11.3 Å². The minimum atomic E-state index is 0.687. The van der Waals surface area contributed by atoms with Gasteiger partial charge in [-0.2, -0.15) is 0 Å². The maximum atomic E-state index is 5.73. The molecule has 2 aromatic heterocycles. The molecule has 1 N–H and O–H groups in total. The van der Waals surface area contributed by atoms with Crippen molar-refractivity contribution in [3.8, 4) is 5.88 Å². The quantitative estimate of drug-likeness (QED) is 0.848. The molecule has 0 bridgehead atoms. The van der Waals surface area contributed by atoms with E-state index < -0.39 is 0 Å². The van der Waals surface area contributed by atoms with Crippen molar-refractivity contribution in [3.05, 3.63) is 45.8 Å². The first-order chi connectivity index (χ1) is 9.81. The number of nitrogens with one attached hydrogen (secondary N) is 1. The molecule has 0 radical (unpaired) electrons. The molecule has 0 atom stereocenters. The van der Waals surface area contributed by atoms with Crippen LogP contribution in [0.1, 0.15) is 29.0 Å². The Morgan fingerprint density at radius 1 is 1.35 bits per heavy atom. The second-order valence-electron chi connectivity index (χ2n) is 5.23. The normalized spacial score (nSPS) is 14.4. The van der Waals surface area contributed by atoms with Gasteiger partial charge in [0.05, 0.1) is 6.61 Å². The van der Waals surface area contributed by atoms with Crippen molar-refractivity contribution in [2.24, 2.45) is 0 Å². The van der Waals surface area contributed by atoms with Crippen molar-refractivity contribution in [1.82, 2.24) is 10.3 Å². The summed E-state index contributed by atoms with van der Waals surface area (Å²) in [6.45, 7) is 3.65. The first kappa shape index (κ1) is 13.6. The van der Waals surface area contributed by atoms with Crippen LogP contribution in [0.25, 0.3) is 0 Å². The third-order valence-electron chi connectivity index (χ3n) is 3.51. The molecule has 0 aliphatic heterocycles. The van der Waals surface area contributed by atoms with Crippen molar-refractivity contribution < 1.29 is 4.74 Å². The Morgan fingerprint density at radius 2 is 2.25 bits per heavy atom. The first-order valence-electron chi connectivity index (χ1n) is 7.16.